The van der Waals surface area contributed by atoms with E-state index in [4.69, 9.17) is 0 Å². The summed E-state index contributed by atoms with van der Waals surface area (Å²) in [7, 11) is 0. The number of piperidine rings is 1. The summed E-state index contributed by atoms with van der Waals surface area (Å²) in [5.41, 5.74) is 0.651. The zero-order valence-corrected chi connectivity index (χ0v) is 27.3. The summed E-state index contributed by atoms with van der Waals surface area (Å²) in [4.78, 5) is 66.4. The van der Waals surface area contributed by atoms with Gasteiger partial charge in [0.15, 0.2) is 0 Å². The lowest BCUT2D eigenvalue weighted by molar-refractivity contribution is -0.138. The number of hydrogen-bond acceptors (Lipinski definition) is 7. The summed E-state index contributed by atoms with van der Waals surface area (Å²) in [6.07, 6.45) is 1.23. The molecule has 50 heavy (non-hydrogen) atoms. The number of halogens is 3. The maximum Gasteiger partial charge on any atom is 0.416 e. The van der Waals surface area contributed by atoms with Crippen LogP contribution in [0, 0.1) is 23.7 Å². The first-order valence-corrected chi connectivity index (χ1v) is 16.4. The molecular formula is C36H33F3N6O5. The largest absolute Gasteiger partial charge is 0.416 e. The second-order valence-corrected chi connectivity index (χ2v) is 13.8. The van der Waals surface area contributed by atoms with Crippen LogP contribution in [0.5, 0.6) is 0 Å². The number of carbonyl (C=O) groups is 5. The van der Waals surface area contributed by atoms with Crippen molar-refractivity contribution in [3.8, 4) is 11.8 Å². The zero-order chi connectivity index (χ0) is 35.5. The maximum atomic E-state index is 13.4. The van der Waals surface area contributed by atoms with Crippen molar-refractivity contribution in [1.82, 2.24) is 20.0 Å². The summed E-state index contributed by atoms with van der Waals surface area (Å²) in [5.74, 6) is 3.98. The van der Waals surface area contributed by atoms with Crippen molar-refractivity contribution >= 4 is 40.9 Å². The quantitative estimate of drug-likeness (QED) is 0.282. The number of carbonyl (C=O) groups excluding carboxylic acids is 5. The van der Waals surface area contributed by atoms with Crippen molar-refractivity contribution in [2.45, 2.75) is 63.7 Å². The maximum absolute atomic E-state index is 13.4. The normalized spacial score (nSPS) is 19.5. The second-order valence-electron chi connectivity index (χ2n) is 13.8. The van der Waals surface area contributed by atoms with Gasteiger partial charge in [-0.1, -0.05) is 11.8 Å². The predicted octanol–water partition coefficient (Wildman–Crippen LogP) is 4.12. The molecule has 3 fully saturated rings. The Morgan fingerprint density at radius 2 is 1.74 bits per heavy atom. The molecule has 7 rings (SSSR count). The van der Waals surface area contributed by atoms with E-state index in [1.807, 2.05) is 4.90 Å². The molecule has 258 valence electrons. The lowest BCUT2D eigenvalue weighted by Gasteiger charge is -2.38. The molecule has 3 aromatic rings. The van der Waals surface area contributed by atoms with Crippen LogP contribution in [0.4, 0.5) is 24.5 Å². The van der Waals surface area contributed by atoms with Crippen LogP contribution in [0.2, 0.25) is 0 Å². The number of nitrogens with one attached hydrogen (secondary N) is 2. The van der Waals surface area contributed by atoms with Crippen LogP contribution in [0.15, 0.2) is 48.8 Å². The number of imide groups is 2. The Morgan fingerprint density at radius 3 is 2.44 bits per heavy atom. The molecule has 0 spiro atoms. The van der Waals surface area contributed by atoms with E-state index in [0.29, 0.717) is 42.2 Å². The minimum atomic E-state index is -4.47. The number of anilines is 2. The van der Waals surface area contributed by atoms with Gasteiger partial charge in [0.05, 0.1) is 34.4 Å². The Labute approximate surface area is 285 Å². The molecule has 4 aliphatic rings. The monoisotopic (exact) mass is 686 g/mol. The van der Waals surface area contributed by atoms with E-state index in [1.165, 1.54) is 10.7 Å². The van der Waals surface area contributed by atoms with Gasteiger partial charge >= 0.3 is 6.18 Å². The number of aromatic nitrogens is 2. The number of hydrogen-bond donors (Lipinski definition) is 2. The average Bonchev–Trinajstić information content (AvgIpc) is 3.66. The Kier molecular flexibility index (Phi) is 8.04. The molecule has 1 saturated carbocycles. The molecule has 14 heteroatoms. The van der Waals surface area contributed by atoms with E-state index >= 15 is 0 Å². The van der Waals surface area contributed by atoms with Crippen molar-refractivity contribution in [3.63, 3.8) is 0 Å². The van der Waals surface area contributed by atoms with E-state index in [9.17, 15) is 37.1 Å². The first-order chi connectivity index (χ1) is 23.7. The van der Waals surface area contributed by atoms with Crippen molar-refractivity contribution in [1.29, 1.82) is 0 Å². The highest BCUT2D eigenvalue weighted by Crippen LogP contribution is 2.38. The third-order valence-corrected chi connectivity index (χ3v) is 9.69. The van der Waals surface area contributed by atoms with Gasteiger partial charge in [-0.05, 0) is 87.4 Å². The molecule has 1 atom stereocenters. The Morgan fingerprint density at radius 1 is 1.00 bits per heavy atom. The zero-order valence-electron chi connectivity index (χ0n) is 27.3. The molecule has 11 nitrogen and oxygen atoms in total. The Bertz CT molecular complexity index is 2020. The van der Waals surface area contributed by atoms with Gasteiger partial charge in [0.1, 0.15) is 11.6 Å². The summed E-state index contributed by atoms with van der Waals surface area (Å²) in [6.45, 7) is 4.48. The lowest BCUT2D eigenvalue weighted by Crippen LogP contribution is -2.54. The number of nitrogens with zero attached hydrogens (tertiary/aromatic N) is 4. The number of rotatable bonds is 7. The third-order valence-electron chi connectivity index (χ3n) is 9.69. The molecule has 1 aromatic heterocycles. The minimum Gasteiger partial charge on any atom is -0.369 e. The van der Waals surface area contributed by atoms with E-state index < -0.39 is 52.9 Å². The topological polar surface area (TPSA) is 134 Å². The van der Waals surface area contributed by atoms with Gasteiger partial charge < -0.3 is 10.2 Å². The van der Waals surface area contributed by atoms with E-state index in [0.717, 1.165) is 35.6 Å². The molecule has 2 aromatic carbocycles. The average molecular weight is 687 g/mol. The van der Waals surface area contributed by atoms with Crippen molar-refractivity contribution in [2.75, 3.05) is 23.3 Å². The minimum absolute atomic E-state index is 0.00442. The van der Waals surface area contributed by atoms with Crippen LogP contribution >= 0.6 is 0 Å². The first kappa shape index (κ1) is 33.1. The van der Waals surface area contributed by atoms with Crippen molar-refractivity contribution in [3.05, 3.63) is 76.6 Å². The summed E-state index contributed by atoms with van der Waals surface area (Å²) in [5, 5.41) is 9.36. The lowest BCUT2D eigenvalue weighted by atomic mass is 9.98. The van der Waals surface area contributed by atoms with Gasteiger partial charge in [0, 0.05) is 37.1 Å². The second kappa shape index (κ2) is 12.2. The highest BCUT2D eigenvalue weighted by molar-refractivity contribution is 6.23. The van der Waals surface area contributed by atoms with Gasteiger partial charge in [-0.2, -0.15) is 18.3 Å². The fourth-order valence-corrected chi connectivity index (χ4v) is 6.39. The van der Waals surface area contributed by atoms with Crippen molar-refractivity contribution in [2.24, 2.45) is 11.8 Å². The molecule has 5 amide bonds. The number of amides is 5. The van der Waals surface area contributed by atoms with Crippen LogP contribution < -0.4 is 15.5 Å². The molecule has 3 aliphatic heterocycles. The fraction of sp³-hybridized carbons (Fsp3) is 0.389. The van der Waals surface area contributed by atoms with Gasteiger partial charge in [-0.15, -0.1) is 0 Å². The van der Waals surface area contributed by atoms with Crippen LogP contribution in [-0.2, 0) is 32.5 Å². The van der Waals surface area contributed by atoms with Gasteiger partial charge in [-0.25, -0.2) is 0 Å². The molecule has 4 heterocycles. The SMILES string of the molecule is CC(C)(C(=O)Nc1ccc(C(F)(F)F)cc1CC1CC1)n1cc(C#CC2CN(c3ccc4c(c3)C(=O)N(C3CCC(=O)NC3=O)C4=O)C2)cn1. The highest BCUT2D eigenvalue weighted by Gasteiger charge is 2.45. The predicted molar refractivity (Wildman–Crippen MR) is 174 cm³/mol. The van der Waals surface area contributed by atoms with Gasteiger partial charge in [0.25, 0.3) is 17.7 Å². The summed E-state index contributed by atoms with van der Waals surface area (Å²) in [6, 6.07) is 7.35. The Hall–Kier alpha value is -5.45. The van der Waals surface area contributed by atoms with E-state index in [1.54, 1.807) is 44.4 Å². The van der Waals surface area contributed by atoms with Crippen LogP contribution in [0.3, 0.4) is 0 Å². The third kappa shape index (κ3) is 6.23. The van der Waals surface area contributed by atoms with E-state index in [2.05, 4.69) is 27.6 Å². The molecule has 2 N–H and O–H groups in total. The van der Waals surface area contributed by atoms with Crippen LogP contribution in [0.25, 0.3) is 0 Å². The Balaban J connectivity index is 0.975. The first-order valence-electron chi connectivity index (χ1n) is 16.4. The summed E-state index contributed by atoms with van der Waals surface area (Å²) < 4.78 is 41.6. The molecular weight excluding hydrogens is 653 g/mol. The summed E-state index contributed by atoms with van der Waals surface area (Å²) >= 11 is 0. The molecule has 0 bridgehead atoms. The van der Waals surface area contributed by atoms with Gasteiger partial charge in [0.2, 0.25) is 11.8 Å². The van der Waals surface area contributed by atoms with Crippen LogP contribution in [-0.4, -0.2) is 63.3 Å². The number of benzene rings is 2. The van der Waals surface area contributed by atoms with Crippen molar-refractivity contribution < 1.29 is 37.1 Å². The van der Waals surface area contributed by atoms with Gasteiger partial charge in [-0.3, -0.25) is 38.9 Å². The number of alkyl halides is 3. The van der Waals surface area contributed by atoms with E-state index in [-0.39, 0.29) is 29.9 Å². The standard InChI is InChI=1S/C36H33F3N6O5/c1-35(2,34(50)41-28-10-7-24(36(37,38)39)14-23(28)13-20-3-4-20)44-19-21(16-40-44)5-6-22-17-43(18-22)25-8-9-26-27(15-25)33(49)45(32(26)48)29-11-12-30(46)42-31(29)47/h7-10,14-16,19-20,22,29H,3-4,11-13,17-18H2,1-2H3,(H,41,50)(H,42,46,47). The molecule has 2 saturated heterocycles. The molecule has 1 aliphatic carbocycles. The fourth-order valence-electron chi connectivity index (χ4n) is 6.39. The smallest absolute Gasteiger partial charge is 0.369 e. The van der Waals surface area contributed by atoms with Crippen LogP contribution in [0.1, 0.15) is 76.9 Å². The number of fused-ring (bicyclic) bond motifs is 1. The highest BCUT2D eigenvalue weighted by atomic mass is 19.4. The molecule has 1 unspecified atom stereocenters. The molecule has 0 radical (unpaired) electrons.